The van der Waals surface area contributed by atoms with E-state index in [1.807, 2.05) is 44.2 Å². The first-order valence-corrected chi connectivity index (χ1v) is 6.95. The summed E-state index contributed by atoms with van der Waals surface area (Å²) in [5.74, 6) is 1.20. The molecule has 0 spiro atoms. The van der Waals surface area contributed by atoms with Crippen molar-refractivity contribution in [1.82, 2.24) is 10.1 Å². The van der Waals surface area contributed by atoms with Crippen molar-refractivity contribution in [3.05, 3.63) is 47.6 Å². The molecule has 20 heavy (non-hydrogen) atoms. The molecule has 0 fully saturated rings. The first kappa shape index (κ1) is 14.7. The number of ether oxygens (including phenoxy) is 1. The van der Waals surface area contributed by atoms with Gasteiger partial charge in [0, 0.05) is 19.1 Å². The van der Waals surface area contributed by atoms with Crippen molar-refractivity contribution in [3.8, 4) is 0 Å². The molecule has 2 N–H and O–H groups in total. The SMILES string of the molecule is CCOC(C)c1noc(CCC(N)c2ccccc2)n1. The predicted octanol–water partition coefficient (Wildman–Crippen LogP) is 2.80. The first-order valence-electron chi connectivity index (χ1n) is 6.95. The van der Waals surface area contributed by atoms with Gasteiger partial charge in [0.25, 0.3) is 0 Å². The van der Waals surface area contributed by atoms with E-state index in [1.165, 1.54) is 0 Å². The molecular weight excluding hydrogens is 254 g/mol. The van der Waals surface area contributed by atoms with Crippen molar-refractivity contribution >= 4 is 0 Å². The lowest BCUT2D eigenvalue weighted by molar-refractivity contribution is 0.0683. The zero-order valence-corrected chi connectivity index (χ0v) is 12.0. The van der Waals surface area contributed by atoms with Crippen molar-refractivity contribution in [2.24, 2.45) is 5.73 Å². The number of rotatable bonds is 7. The lowest BCUT2D eigenvalue weighted by atomic mass is 10.0. The lowest BCUT2D eigenvalue weighted by Gasteiger charge is -2.09. The van der Waals surface area contributed by atoms with Gasteiger partial charge in [-0.1, -0.05) is 35.5 Å². The summed E-state index contributed by atoms with van der Waals surface area (Å²) in [5, 5.41) is 3.93. The molecule has 0 saturated heterocycles. The van der Waals surface area contributed by atoms with E-state index in [1.54, 1.807) is 0 Å². The molecule has 2 rings (SSSR count). The number of hydrogen-bond donors (Lipinski definition) is 1. The molecule has 1 heterocycles. The molecule has 0 amide bonds. The Bertz CT molecular complexity index is 513. The maximum absolute atomic E-state index is 6.14. The second-order valence-corrected chi connectivity index (χ2v) is 4.70. The zero-order valence-electron chi connectivity index (χ0n) is 12.0. The van der Waals surface area contributed by atoms with E-state index in [4.69, 9.17) is 15.0 Å². The number of nitrogens with zero attached hydrogens (tertiary/aromatic N) is 2. The number of benzene rings is 1. The summed E-state index contributed by atoms with van der Waals surface area (Å²) in [6.45, 7) is 4.48. The van der Waals surface area contributed by atoms with E-state index in [0.29, 0.717) is 24.7 Å². The molecule has 5 heteroatoms. The van der Waals surface area contributed by atoms with Gasteiger partial charge in [-0.05, 0) is 25.8 Å². The first-order chi connectivity index (χ1) is 9.70. The predicted molar refractivity (Wildman–Crippen MR) is 76.0 cm³/mol. The Morgan fingerprint density at radius 3 is 2.75 bits per heavy atom. The van der Waals surface area contributed by atoms with Gasteiger partial charge in [0.05, 0.1) is 0 Å². The summed E-state index contributed by atoms with van der Waals surface area (Å²) in [5.41, 5.74) is 7.26. The van der Waals surface area contributed by atoms with Crippen LogP contribution in [-0.2, 0) is 11.2 Å². The third-order valence-electron chi connectivity index (χ3n) is 3.16. The van der Waals surface area contributed by atoms with E-state index in [2.05, 4.69) is 10.1 Å². The Morgan fingerprint density at radius 2 is 2.05 bits per heavy atom. The van der Waals surface area contributed by atoms with E-state index in [0.717, 1.165) is 12.0 Å². The summed E-state index contributed by atoms with van der Waals surface area (Å²) >= 11 is 0. The van der Waals surface area contributed by atoms with Gasteiger partial charge >= 0.3 is 0 Å². The van der Waals surface area contributed by atoms with E-state index >= 15 is 0 Å². The van der Waals surface area contributed by atoms with Crippen LogP contribution in [0.15, 0.2) is 34.9 Å². The van der Waals surface area contributed by atoms with E-state index in [9.17, 15) is 0 Å². The van der Waals surface area contributed by atoms with Gasteiger partial charge in [-0.25, -0.2) is 0 Å². The average Bonchev–Trinajstić information content (AvgIpc) is 2.95. The van der Waals surface area contributed by atoms with Gasteiger partial charge in [-0.2, -0.15) is 4.98 Å². The third-order valence-corrected chi connectivity index (χ3v) is 3.16. The summed E-state index contributed by atoms with van der Waals surface area (Å²) in [4.78, 5) is 4.34. The molecule has 2 unspecified atom stereocenters. The van der Waals surface area contributed by atoms with Crippen molar-refractivity contribution in [3.63, 3.8) is 0 Å². The lowest BCUT2D eigenvalue weighted by Crippen LogP contribution is -2.11. The number of hydrogen-bond acceptors (Lipinski definition) is 5. The molecule has 0 radical (unpaired) electrons. The normalized spacial score (nSPS) is 14.2. The zero-order chi connectivity index (χ0) is 14.4. The minimum atomic E-state index is -0.139. The molecule has 108 valence electrons. The molecule has 5 nitrogen and oxygen atoms in total. The third kappa shape index (κ3) is 3.88. The monoisotopic (exact) mass is 275 g/mol. The van der Waals surface area contributed by atoms with Gasteiger partial charge in [-0.15, -0.1) is 0 Å². The highest BCUT2D eigenvalue weighted by Gasteiger charge is 2.14. The van der Waals surface area contributed by atoms with Crippen molar-refractivity contribution in [2.75, 3.05) is 6.61 Å². The van der Waals surface area contributed by atoms with Crippen molar-refractivity contribution < 1.29 is 9.26 Å². The van der Waals surface area contributed by atoms with Gasteiger partial charge in [0.15, 0.2) is 5.82 Å². The second kappa shape index (κ2) is 7.17. The number of aryl methyl sites for hydroxylation is 1. The fourth-order valence-corrected chi connectivity index (χ4v) is 2.01. The van der Waals surface area contributed by atoms with Crippen LogP contribution in [0.4, 0.5) is 0 Å². The average molecular weight is 275 g/mol. The fourth-order valence-electron chi connectivity index (χ4n) is 2.01. The van der Waals surface area contributed by atoms with Gasteiger partial charge in [0.1, 0.15) is 6.10 Å². The van der Waals surface area contributed by atoms with Crippen LogP contribution in [0, 0.1) is 0 Å². The Balaban J connectivity index is 1.88. The maximum atomic E-state index is 6.14. The highest BCUT2D eigenvalue weighted by atomic mass is 16.5. The van der Waals surface area contributed by atoms with Crippen LogP contribution >= 0.6 is 0 Å². The maximum Gasteiger partial charge on any atom is 0.226 e. The molecular formula is C15H21N3O2. The highest BCUT2D eigenvalue weighted by Crippen LogP contribution is 2.17. The Kier molecular flexibility index (Phi) is 5.26. The van der Waals surface area contributed by atoms with Crippen LogP contribution in [0.1, 0.15) is 49.7 Å². The van der Waals surface area contributed by atoms with Crippen LogP contribution in [-0.4, -0.2) is 16.7 Å². The van der Waals surface area contributed by atoms with Crippen LogP contribution in [0.25, 0.3) is 0 Å². The molecule has 0 aliphatic heterocycles. The van der Waals surface area contributed by atoms with E-state index in [-0.39, 0.29) is 12.1 Å². The Labute approximate surface area is 119 Å². The minimum absolute atomic E-state index is 0.0177. The second-order valence-electron chi connectivity index (χ2n) is 4.70. The largest absolute Gasteiger partial charge is 0.371 e. The molecule has 0 saturated carbocycles. The topological polar surface area (TPSA) is 74.2 Å². The minimum Gasteiger partial charge on any atom is -0.371 e. The molecule has 2 aromatic rings. The molecule has 2 atom stereocenters. The summed E-state index contributed by atoms with van der Waals surface area (Å²) in [7, 11) is 0. The smallest absolute Gasteiger partial charge is 0.226 e. The number of aromatic nitrogens is 2. The van der Waals surface area contributed by atoms with Crippen LogP contribution in [0.5, 0.6) is 0 Å². The van der Waals surface area contributed by atoms with Crippen LogP contribution < -0.4 is 5.73 Å². The van der Waals surface area contributed by atoms with Crippen LogP contribution in [0.2, 0.25) is 0 Å². The van der Waals surface area contributed by atoms with Gasteiger partial charge in [-0.3, -0.25) is 0 Å². The molecule has 1 aromatic heterocycles. The molecule has 0 bridgehead atoms. The highest BCUT2D eigenvalue weighted by molar-refractivity contribution is 5.18. The summed E-state index contributed by atoms with van der Waals surface area (Å²) in [6.07, 6.45) is 1.30. The van der Waals surface area contributed by atoms with Crippen molar-refractivity contribution in [1.29, 1.82) is 0 Å². The standard InChI is InChI=1S/C15H21N3O2/c1-3-19-11(2)15-17-14(20-18-15)10-9-13(16)12-7-5-4-6-8-12/h4-8,11,13H,3,9-10,16H2,1-2H3. The molecule has 0 aliphatic carbocycles. The van der Waals surface area contributed by atoms with Gasteiger partial charge in [0.2, 0.25) is 5.89 Å². The molecule has 0 aliphatic rings. The number of nitrogens with two attached hydrogens (primary N) is 1. The summed E-state index contributed by atoms with van der Waals surface area (Å²) in [6, 6.07) is 10.0. The van der Waals surface area contributed by atoms with Crippen LogP contribution in [0.3, 0.4) is 0 Å². The Hall–Kier alpha value is -1.72. The fraction of sp³-hybridized carbons (Fsp3) is 0.467. The summed E-state index contributed by atoms with van der Waals surface area (Å²) < 4.78 is 10.6. The molecule has 1 aromatic carbocycles. The quantitative estimate of drug-likeness (QED) is 0.841. The van der Waals surface area contributed by atoms with Crippen molar-refractivity contribution in [2.45, 2.75) is 38.8 Å². The van der Waals surface area contributed by atoms with Gasteiger partial charge < -0.3 is 15.0 Å². The Morgan fingerprint density at radius 1 is 1.30 bits per heavy atom. The van der Waals surface area contributed by atoms with E-state index < -0.39 is 0 Å².